The van der Waals surface area contributed by atoms with Crippen molar-refractivity contribution in [2.45, 2.75) is 25.2 Å². The Kier molecular flexibility index (Phi) is 3.78. The number of thiazole rings is 1. The largest absolute Gasteiger partial charge is 0.381 e. The minimum absolute atomic E-state index is 0.0235. The molecule has 2 heterocycles. The van der Waals surface area contributed by atoms with E-state index in [2.05, 4.69) is 9.71 Å². The first-order chi connectivity index (χ1) is 9.55. The van der Waals surface area contributed by atoms with Crippen LogP contribution in [-0.2, 0) is 14.8 Å². The monoisotopic (exact) mass is 316 g/mol. The first-order valence-electron chi connectivity index (χ1n) is 6.61. The van der Waals surface area contributed by atoms with Crippen molar-refractivity contribution in [3.63, 3.8) is 0 Å². The van der Waals surface area contributed by atoms with E-state index in [1.54, 1.807) is 5.51 Å². The Morgan fingerprint density at radius 3 is 2.90 bits per heavy atom. The van der Waals surface area contributed by atoms with Crippen molar-refractivity contribution in [2.75, 3.05) is 19.0 Å². The zero-order chi connectivity index (χ0) is 14.2. The lowest BCUT2D eigenvalue weighted by Crippen LogP contribution is -2.35. The van der Waals surface area contributed by atoms with Gasteiger partial charge in [0.25, 0.3) is 5.91 Å². The van der Waals surface area contributed by atoms with E-state index in [1.807, 2.05) is 0 Å². The Bertz CT molecular complexity index is 601. The number of aromatic nitrogens is 1. The van der Waals surface area contributed by atoms with Crippen LogP contribution in [0.2, 0.25) is 0 Å². The molecule has 0 spiro atoms. The van der Waals surface area contributed by atoms with Gasteiger partial charge in [0.05, 0.1) is 23.6 Å². The van der Waals surface area contributed by atoms with E-state index in [4.69, 9.17) is 4.74 Å². The number of nitrogens with zero attached hydrogens (tertiary/aromatic N) is 1. The summed E-state index contributed by atoms with van der Waals surface area (Å²) < 4.78 is 31.3. The van der Waals surface area contributed by atoms with E-state index in [1.165, 1.54) is 11.3 Å². The maximum atomic E-state index is 12.1. The van der Waals surface area contributed by atoms with Crippen LogP contribution in [0.1, 0.15) is 40.5 Å². The summed E-state index contributed by atoms with van der Waals surface area (Å²) in [5, 5.41) is 0. The van der Waals surface area contributed by atoms with Gasteiger partial charge in [-0.15, -0.1) is 11.3 Å². The average molecular weight is 316 g/mol. The predicted octanol–water partition coefficient (Wildman–Crippen LogP) is 1.12. The van der Waals surface area contributed by atoms with E-state index >= 15 is 0 Å². The lowest BCUT2D eigenvalue weighted by Gasteiger charge is -2.10. The van der Waals surface area contributed by atoms with E-state index in [-0.39, 0.29) is 11.7 Å². The Morgan fingerprint density at radius 2 is 2.25 bits per heavy atom. The number of carbonyl (C=O) groups excluding carboxylic acids is 1. The van der Waals surface area contributed by atoms with Gasteiger partial charge in [-0.3, -0.25) is 4.79 Å². The van der Waals surface area contributed by atoms with E-state index < -0.39 is 15.9 Å². The Balaban J connectivity index is 1.66. The molecule has 2 fully saturated rings. The highest BCUT2D eigenvalue weighted by Crippen LogP contribution is 2.41. The van der Waals surface area contributed by atoms with Crippen LogP contribution in [0.15, 0.2) is 5.51 Å². The van der Waals surface area contributed by atoms with Crippen LogP contribution in [0, 0.1) is 5.92 Å². The minimum Gasteiger partial charge on any atom is -0.381 e. The molecule has 1 aromatic rings. The van der Waals surface area contributed by atoms with Gasteiger partial charge in [0, 0.05) is 18.4 Å². The molecule has 1 aliphatic heterocycles. The summed E-state index contributed by atoms with van der Waals surface area (Å²) >= 11 is 1.20. The lowest BCUT2D eigenvalue weighted by molar-refractivity contribution is 0.0984. The molecule has 1 atom stereocenters. The third-order valence-corrected chi connectivity index (χ3v) is 5.74. The molecule has 1 aliphatic carbocycles. The van der Waals surface area contributed by atoms with E-state index in [9.17, 15) is 13.2 Å². The van der Waals surface area contributed by atoms with Crippen molar-refractivity contribution in [3.8, 4) is 0 Å². The quantitative estimate of drug-likeness (QED) is 0.880. The molecule has 1 N–H and O–H groups in total. The van der Waals surface area contributed by atoms with Gasteiger partial charge in [-0.1, -0.05) is 0 Å². The molecule has 0 bridgehead atoms. The van der Waals surface area contributed by atoms with Gasteiger partial charge in [-0.2, -0.15) is 0 Å². The van der Waals surface area contributed by atoms with Crippen LogP contribution < -0.4 is 4.72 Å². The topological polar surface area (TPSA) is 85.4 Å². The average Bonchev–Trinajstić information content (AvgIpc) is 2.89. The first kappa shape index (κ1) is 14.0. The maximum absolute atomic E-state index is 12.1. The standard InChI is InChI=1S/C12H16N2O4S2/c15-12(11-10(9-1-2-9)13-7-19-11)14-20(16,17)6-8-3-4-18-5-8/h7-9H,1-6H2,(H,14,15)/t8-/m0/s1. The molecule has 110 valence electrons. The molecule has 1 saturated heterocycles. The van der Waals surface area contributed by atoms with Crippen molar-refractivity contribution in [1.29, 1.82) is 0 Å². The van der Waals surface area contributed by atoms with Crippen LogP contribution in [-0.4, -0.2) is 38.3 Å². The summed E-state index contributed by atoms with van der Waals surface area (Å²) in [5.74, 6) is -0.304. The summed E-state index contributed by atoms with van der Waals surface area (Å²) in [6, 6.07) is 0. The van der Waals surface area contributed by atoms with Crippen LogP contribution in [0.4, 0.5) is 0 Å². The number of ether oxygens (including phenoxy) is 1. The van der Waals surface area contributed by atoms with Crippen molar-refractivity contribution in [1.82, 2.24) is 9.71 Å². The lowest BCUT2D eigenvalue weighted by atomic mass is 10.2. The fraction of sp³-hybridized carbons (Fsp3) is 0.667. The SMILES string of the molecule is O=C(NS(=O)(=O)C[C@H]1CCOC1)c1scnc1C1CC1. The molecular weight excluding hydrogens is 300 g/mol. The minimum atomic E-state index is -3.61. The second kappa shape index (κ2) is 5.42. The molecular formula is C12H16N2O4S2. The molecule has 3 rings (SSSR count). The molecule has 0 radical (unpaired) electrons. The Labute approximate surface area is 121 Å². The van der Waals surface area contributed by atoms with Crippen molar-refractivity contribution >= 4 is 27.3 Å². The van der Waals surface area contributed by atoms with Crippen LogP contribution in [0.25, 0.3) is 0 Å². The van der Waals surface area contributed by atoms with Gasteiger partial charge in [0.2, 0.25) is 10.0 Å². The highest BCUT2D eigenvalue weighted by molar-refractivity contribution is 7.90. The normalized spacial score (nSPS) is 22.9. The number of rotatable bonds is 5. The zero-order valence-electron chi connectivity index (χ0n) is 10.9. The number of carbonyl (C=O) groups is 1. The molecule has 1 aromatic heterocycles. The van der Waals surface area contributed by atoms with E-state index in [0.29, 0.717) is 24.0 Å². The number of hydrogen-bond donors (Lipinski definition) is 1. The second-order valence-corrected chi connectivity index (χ2v) is 7.90. The van der Waals surface area contributed by atoms with Gasteiger partial charge < -0.3 is 4.74 Å². The molecule has 0 aromatic carbocycles. The fourth-order valence-corrected chi connectivity index (χ4v) is 4.51. The van der Waals surface area contributed by atoms with Crippen molar-refractivity contribution in [2.24, 2.45) is 5.92 Å². The number of amides is 1. The second-order valence-electron chi connectivity index (χ2n) is 5.28. The summed E-state index contributed by atoms with van der Waals surface area (Å²) in [6.45, 7) is 1.04. The van der Waals surface area contributed by atoms with Crippen molar-refractivity contribution in [3.05, 3.63) is 16.1 Å². The molecule has 20 heavy (non-hydrogen) atoms. The maximum Gasteiger partial charge on any atom is 0.276 e. The van der Waals surface area contributed by atoms with Gasteiger partial charge in [-0.25, -0.2) is 18.1 Å². The third-order valence-electron chi connectivity index (χ3n) is 3.49. The Hall–Kier alpha value is -0.990. The zero-order valence-corrected chi connectivity index (χ0v) is 12.5. The number of nitrogens with one attached hydrogen (secondary N) is 1. The van der Waals surface area contributed by atoms with Crippen LogP contribution in [0.3, 0.4) is 0 Å². The van der Waals surface area contributed by atoms with Crippen molar-refractivity contribution < 1.29 is 17.9 Å². The smallest absolute Gasteiger partial charge is 0.276 e. The van der Waals surface area contributed by atoms with Crippen LogP contribution in [0.5, 0.6) is 0 Å². The summed E-state index contributed by atoms with van der Waals surface area (Å²) in [5.41, 5.74) is 2.34. The van der Waals surface area contributed by atoms with Gasteiger partial charge in [-0.05, 0) is 19.3 Å². The highest BCUT2D eigenvalue weighted by atomic mass is 32.2. The van der Waals surface area contributed by atoms with Gasteiger partial charge >= 0.3 is 0 Å². The van der Waals surface area contributed by atoms with E-state index in [0.717, 1.165) is 25.0 Å². The fourth-order valence-electron chi connectivity index (χ4n) is 2.33. The molecule has 1 amide bonds. The molecule has 2 aliphatic rings. The summed E-state index contributed by atoms with van der Waals surface area (Å²) in [6.07, 6.45) is 2.77. The predicted molar refractivity (Wildman–Crippen MR) is 74.3 cm³/mol. The van der Waals surface area contributed by atoms with Gasteiger partial charge in [0.1, 0.15) is 4.88 Å². The number of sulfonamides is 1. The highest BCUT2D eigenvalue weighted by Gasteiger charge is 2.32. The Morgan fingerprint density at radius 1 is 1.45 bits per heavy atom. The van der Waals surface area contributed by atoms with Crippen LogP contribution >= 0.6 is 11.3 Å². The summed E-state index contributed by atoms with van der Waals surface area (Å²) in [7, 11) is -3.61. The summed E-state index contributed by atoms with van der Waals surface area (Å²) in [4.78, 5) is 16.7. The number of hydrogen-bond acceptors (Lipinski definition) is 6. The first-order valence-corrected chi connectivity index (χ1v) is 9.14. The molecule has 1 saturated carbocycles. The molecule has 6 nitrogen and oxygen atoms in total. The third kappa shape index (κ3) is 3.18. The molecule has 8 heteroatoms. The molecule has 0 unspecified atom stereocenters. The van der Waals surface area contributed by atoms with Gasteiger partial charge in [0.15, 0.2) is 0 Å².